The summed E-state index contributed by atoms with van der Waals surface area (Å²) in [5.41, 5.74) is 0.942. The van der Waals surface area contributed by atoms with Crippen LogP contribution in [-0.2, 0) is 4.79 Å². The van der Waals surface area contributed by atoms with Gasteiger partial charge in [-0.05, 0) is 36.8 Å². The summed E-state index contributed by atoms with van der Waals surface area (Å²) in [5.74, 6) is 0.627. The predicted molar refractivity (Wildman–Crippen MR) is 68.8 cm³/mol. The van der Waals surface area contributed by atoms with Gasteiger partial charge in [0, 0.05) is 0 Å². The van der Waals surface area contributed by atoms with Crippen molar-refractivity contribution in [3.63, 3.8) is 0 Å². The lowest BCUT2D eigenvalue weighted by atomic mass is 10.2. The Hall–Kier alpha value is -1.33. The number of thiocarbonyl (C=S) groups is 1. The van der Waals surface area contributed by atoms with Crippen LogP contribution in [0.15, 0.2) is 39.4 Å². The first-order valence-electron chi connectivity index (χ1n) is 4.62. The molecule has 0 bridgehead atoms. The van der Waals surface area contributed by atoms with Gasteiger partial charge in [-0.2, -0.15) is 0 Å². The van der Waals surface area contributed by atoms with Gasteiger partial charge in [0.2, 0.25) is 0 Å². The van der Waals surface area contributed by atoms with Gasteiger partial charge >= 0.3 is 0 Å². The fraction of sp³-hybridized carbons (Fsp3) is 0.0909. The molecule has 1 aliphatic rings. The highest BCUT2D eigenvalue weighted by Gasteiger charge is 2.21. The highest BCUT2D eigenvalue weighted by atomic mass is 32.2. The summed E-state index contributed by atoms with van der Waals surface area (Å²) in [6.07, 6.45) is 5.27. The number of allylic oxidation sites excluding steroid dienone is 2. The zero-order valence-electron chi connectivity index (χ0n) is 8.52. The molecule has 2 rings (SSSR count). The second-order valence-electron chi connectivity index (χ2n) is 3.26. The van der Waals surface area contributed by atoms with Gasteiger partial charge in [0.25, 0.3) is 5.91 Å². The van der Waals surface area contributed by atoms with Crippen LogP contribution in [0.1, 0.15) is 12.7 Å². The number of hydrogen-bond donors (Lipinski definition) is 1. The molecule has 1 amide bonds. The molecule has 1 saturated heterocycles. The van der Waals surface area contributed by atoms with Gasteiger partial charge in [-0.25, -0.2) is 0 Å². The average molecular weight is 251 g/mol. The van der Waals surface area contributed by atoms with E-state index in [1.807, 2.05) is 25.1 Å². The number of thioether (sulfide) groups is 1. The van der Waals surface area contributed by atoms with Gasteiger partial charge in [0.1, 0.15) is 10.1 Å². The lowest BCUT2D eigenvalue weighted by molar-refractivity contribution is -0.115. The minimum absolute atomic E-state index is 0.137. The van der Waals surface area contributed by atoms with Crippen molar-refractivity contribution in [3.05, 3.63) is 40.7 Å². The molecule has 1 aliphatic heterocycles. The number of furan rings is 1. The number of amides is 1. The summed E-state index contributed by atoms with van der Waals surface area (Å²) in [5, 5.41) is 2.57. The average Bonchev–Trinajstić information content (AvgIpc) is 2.78. The van der Waals surface area contributed by atoms with E-state index < -0.39 is 0 Å². The van der Waals surface area contributed by atoms with E-state index in [-0.39, 0.29) is 5.91 Å². The van der Waals surface area contributed by atoms with Crippen molar-refractivity contribution in [2.45, 2.75) is 6.92 Å². The van der Waals surface area contributed by atoms with E-state index in [0.717, 1.165) is 11.3 Å². The Labute approximate surface area is 103 Å². The van der Waals surface area contributed by atoms with Crippen molar-refractivity contribution < 1.29 is 9.21 Å². The molecular weight excluding hydrogens is 242 g/mol. The summed E-state index contributed by atoms with van der Waals surface area (Å²) >= 11 is 6.17. The van der Waals surface area contributed by atoms with Gasteiger partial charge in [-0.3, -0.25) is 4.79 Å². The Bertz CT molecular complexity index is 486. The highest BCUT2D eigenvalue weighted by Crippen LogP contribution is 2.25. The molecule has 1 aromatic heterocycles. The molecular formula is C11H9NO2S2. The smallest absolute Gasteiger partial charge is 0.263 e. The first-order valence-corrected chi connectivity index (χ1v) is 5.84. The molecule has 0 unspecified atom stereocenters. The minimum atomic E-state index is -0.137. The SMILES string of the molecule is CC(=C\c1ccco1)/C=C1/SC(=S)NC1=O. The Balaban J connectivity index is 2.18. The summed E-state index contributed by atoms with van der Waals surface area (Å²) in [4.78, 5) is 12.0. The Morgan fingerprint density at radius 2 is 2.44 bits per heavy atom. The summed E-state index contributed by atoms with van der Waals surface area (Å²) < 4.78 is 5.68. The van der Waals surface area contributed by atoms with Gasteiger partial charge < -0.3 is 9.73 Å². The second kappa shape index (κ2) is 4.67. The summed E-state index contributed by atoms with van der Waals surface area (Å²) in [7, 11) is 0. The molecule has 0 aliphatic carbocycles. The standard InChI is InChI=1S/C11H9NO2S2/c1-7(5-8-3-2-4-14-8)6-9-10(13)12-11(15)16-9/h2-6H,1H3,(H,12,13,15)/b7-5+,9-6+. The lowest BCUT2D eigenvalue weighted by Crippen LogP contribution is -2.17. The number of hydrogen-bond acceptors (Lipinski definition) is 4. The molecule has 0 spiro atoms. The minimum Gasteiger partial charge on any atom is -0.465 e. The maximum Gasteiger partial charge on any atom is 0.263 e. The molecule has 82 valence electrons. The topological polar surface area (TPSA) is 42.2 Å². The quantitative estimate of drug-likeness (QED) is 0.648. The van der Waals surface area contributed by atoms with Crippen molar-refractivity contribution in [2.24, 2.45) is 0 Å². The zero-order chi connectivity index (χ0) is 11.5. The normalized spacial score (nSPS) is 19.3. The molecule has 2 heterocycles. The predicted octanol–water partition coefficient (Wildman–Crippen LogP) is 2.71. The van der Waals surface area contributed by atoms with Crippen LogP contribution in [0.25, 0.3) is 6.08 Å². The van der Waals surface area contributed by atoms with E-state index in [2.05, 4.69) is 5.32 Å². The molecule has 16 heavy (non-hydrogen) atoms. The van der Waals surface area contributed by atoms with Crippen molar-refractivity contribution >= 4 is 40.3 Å². The molecule has 0 saturated carbocycles. The largest absolute Gasteiger partial charge is 0.465 e. The van der Waals surface area contributed by atoms with Crippen LogP contribution >= 0.6 is 24.0 Å². The number of nitrogens with one attached hydrogen (secondary N) is 1. The van der Waals surface area contributed by atoms with E-state index in [1.54, 1.807) is 12.3 Å². The molecule has 1 N–H and O–H groups in total. The van der Waals surface area contributed by atoms with Crippen LogP contribution in [0.4, 0.5) is 0 Å². The van der Waals surface area contributed by atoms with E-state index in [1.165, 1.54) is 11.8 Å². The third-order valence-corrected chi connectivity index (χ3v) is 3.08. The van der Waals surface area contributed by atoms with Crippen LogP contribution in [-0.4, -0.2) is 10.2 Å². The van der Waals surface area contributed by atoms with Gasteiger partial charge in [-0.15, -0.1) is 0 Å². The van der Waals surface area contributed by atoms with Crippen LogP contribution in [0.5, 0.6) is 0 Å². The molecule has 3 nitrogen and oxygen atoms in total. The van der Waals surface area contributed by atoms with Crippen LogP contribution in [0, 0.1) is 0 Å². The van der Waals surface area contributed by atoms with E-state index in [9.17, 15) is 4.79 Å². The number of carbonyl (C=O) groups excluding carboxylic acids is 1. The number of carbonyl (C=O) groups is 1. The first-order chi connectivity index (χ1) is 7.65. The van der Waals surface area contributed by atoms with E-state index in [4.69, 9.17) is 16.6 Å². The van der Waals surface area contributed by atoms with Crippen molar-refractivity contribution in [2.75, 3.05) is 0 Å². The van der Waals surface area contributed by atoms with Crippen LogP contribution in [0.2, 0.25) is 0 Å². The lowest BCUT2D eigenvalue weighted by Gasteiger charge is -1.93. The second-order valence-corrected chi connectivity index (χ2v) is 4.97. The molecule has 0 aromatic carbocycles. The van der Waals surface area contributed by atoms with Crippen molar-refractivity contribution in [1.82, 2.24) is 5.32 Å². The third-order valence-electron chi connectivity index (χ3n) is 1.91. The monoisotopic (exact) mass is 251 g/mol. The van der Waals surface area contributed by atoms with E-state index >= 15 is 0 Å². The highest BCUT2D eigenvalue weighted by molar-refractivity contribution is 8.26. The Kier molecular flexibility index (Phi) is 3.26. The first kappa shape index (κ1) is 11.2. The molecule has 0 atom stereocenters. The van der Waals surface area contributed by atoms with E-state index in [0.29, 0.717) is 9.23 Å². The summed E-state index contributed by atoms with van der Waals surface area (Å²) in [6.45, 7) is 1.91. The summed E-state index contributed by atoms with van der Waals surface area (Å²) in [6, 6.07) is 3.67. The maximum absolute atomic E-state index is 11.4. The number of rotatable bonds is 2. The van der Waals surface area contributed by atoms with Gasteiger partial charge in [0.15, 0.2) is 0 Å². The fourth-order valence-corrected chi connectivity index (χ4v) is 2.36. The van der Waals surface area contributed by atoms with Crippen LogP contribution in [0.3, 0.4) is 0 Å². The maximum atomic E-state index is 11.4. The molecule has 0 radical (unpaired) electrons. The third kappa shape index (κ3) is 2.62. The molecule has 1 aromatic rings. The van der Waals surface area contributed by atoms with Gasteiger partial charge in [0.05, 0.1) is 11.2 Å². The molecule has 1 fully saturated rings. The van der Waals surface area contributed by atoms with Crippen molar-refractivity contribution in [1.29, 1.82) is 0 Å². The fourth-order valence-electron chi connectivity index (χ4n) is 1.27. The Morgan fingerprint density at radius 3 is 3.00 bits per heavy atom. The molecule has 5 heteroatoms. The zero-order valence-corrected chi connectivity index (χ0v) is 10.2. The van der Waals surface area contributed by atoms with Crippen molar-refractivity contribution in [3.8, 4) is 0 Å². The van der Waals surface area contributed by atoms with Crippen LogP contribution < -0.4 is 5.32 Å². The van der Waals surface area contributed by atoms with Gasteiger partial charge in [-0.1, -0.05) is 24.0 Å². The Morgan fingerprint density at radius 1 is 1.62 bits per heavy atom.